The first kappa shape index (κ1) is 18.0. The van der Waals surface area contributed by atoms with Crippen molar-refractivity contribution in [3.8, 4) is 5.75 Å². The van der Waals surface area contributed by atoms with Gasteiger partial charge in [-0.2, -0.15) is 0 Å². The molecule has 0 atom stereocenters. The molecule has 5 nitrogen and oxygen atoms in total. The Hall–Kier alpha value is -2.82. The van der Waals surface area contributed by atoms with Gasteiger partial charge < -0.3 is 14.4 Å². The summed E-state index contributed by atoms with van der Waals surface area (Å²) in [5.41, 5.74) is 4.10. The summed E-state index contributed by atoms with van der Waals surface area (Å²) in [6.45, 7) is 2.71. The number of carbonyl (C=O) groups excluding carboxylic acids is 2. The topological polar surface area (TPSA) is 55.8 Å². The van der Waals surface area contributed by atoms with Crippen molar-refractivity contribution >= 4 is 17.6 Å². The summed E-state index contributed by atoms with van der Waals surface area (Å²) in [5, 5.41) is 0. The van der Waals surface area contributed by atoms with Gasteiger partial charge in [0.05, 0.1) is 19.9 Å². The van der Waals surface area contributed by atoms with E-state index >= 15 is 0 Å². The number of aryl methyl sites for hydroxylation is 2. The molecule has 26 heavy (non-hydrogen) atoms. The van der Waals surface area contributed by atoms with Gasteiger partial charge in [-0.1, -0.05) is 18.2 Å². The van der Waals surface area contributed by atoms with Gasteiger partial charge in [0.2, 0.25) is 0 Å². The maximum absolute atomic E-state index is 13.2. The molecule has 0 fully saturated rings. The molecule has 1 heterocycles. The van der Waals surface area contributed by atoms with E-state index < -0.39 is 5.97 Å². The Kier molecular flexibility index (Phi) is 5.26. The van der Waals surface area contributed by atoms with Crippen molar-refractivity contribution in [1.82, 2.24) is 0 Å². The fraction of sp³-hybridized carbons (Fsp3) is 0.333. The van der Waals surface area contributed by atoms with Gasteiger partial charge in [0, 0.05) is 12.1 Å². The average molecular weight is 353 g/mol. The second kappa shape index (κ2) is 7.60. The molecule has 1 aliphatic rings. The number of rotatable bonds is 3. The highest BCUT2D eigenvalue weighted by Gasteiger charge is 2.25. The predicted octanol–water partition coefficient (Wildman–Crippen LogP) is 3.77. The minimum Gasteiger partial charge on any atom is -0.496 e. The van der Waals surface area contributed by atoms with Crippen LogP contribution in [0, 0.1) is 6.92 Å². The van der Waals surface area contributed by atoms with Crippen LogP contribution in [0.1, 0.15) is 44.7 Å². The van der Waals surface area contributed by atoms with Crippen molar-refractivity contribution in [2.24, 2.45) is 0 Å². The van der Waals surface area contributed by atoms with Gasteiger partial charge in [0.1, 0.15) is 11.3 Å². The van der Waals surface area contributed by atoms with Gasteiger partial charge in [-0.3, -0.25) is 4.79 Å². The lowest BCUT2D eigenvalue weighted by Gasteiger charge is -2.25. The maximum Gasteiger partial charge on any atom is 0.341 e. The van der Waals surface area contributed by atoms with E-state index in [-0.39, 0.29) is 5.91 Å². The van der Waals surface area contributed by atoms with Crippen LogP contribution in [0.2, 0.25) is 0 Å². The molecule has 0 N–H and O–H groups in total. The summed E-state index contributed by atoms with van der Waals surface area (Å²) >= 11 is 0. The molecule has 5 heteroatoms. The summed E-state index contributed by atoms with van der Waals surface area (Å²) in [6.07, 6.45) is 2.99. The first-order valence-electron chi connectivity index (χ1n) is 8.73. The van der Waals surface area contributed by atoms with Crippen molar-refractivity contribution in [2.75, 3.05) is 25.7 Å². The fourth-order valence-corrected chi connectivity index (χ4v) is 3.47. The van der Waals surface area contributed by atoms with E-state index in [9.17, 15) is 9.59 Å². The number of hydrogen-bond donors (Lipinski definition) is 0. The molecule has 1 aliphatic heterocycles. The second-order valence-electron chi connectivity index (χ2n) is 6.40. The van der Waals surface area contributed by atoms with Crippen molar-refractivity contribution in [2.45, 2.75) is 26.2 Å². The number of amides is 1. The second-order valence-corrected chi connectivity index (χ2v) is 6.40. The van der Waals surface area contributed by atoms with Crippen molar-refractivity contribution in [1.29, 1.82) is 0 Å². The van der Waals surface area contributed by atoms with E-state index in [0.29, 0.717) is 23.4 Å². The average Bonchev–Trinajstić information content (AvgIpc) is 2.89. The molecule has 0 saturated heterocycles. The molecule has 0 aliphatic carbocycles. The Morgan fingerprint density at radius 1 is 1.08 bits per heavy atom. The summed E-state index contributed by atoms with van der Waals surface area (Å²) in [6, 6.07) is 11.0. The van der Waals surface area contributed by atoms with E-state index in [2.05, 4.69) is 6.07 Å². The summed E-state index contributed by atoms with van der Waals surface area (Å²) in [7, 11) is 2.79. The van der Waals surface area contributed by atoms with Gasteiger partial charge in [0.15, 0.2) is 0 Å². The summed E-state index contributed by atoms with van der Waals surface area (Å²) in [4.78, 5) is 26.9. The Labute approximate surface area is 153 Å². The number of para-hydroxylation sites is 1. The van der Waals surface area contributed by atoms with Crippen LogP contribution in [-0.2, 0) is 11.2 Å². The van der Waals surface area contributed by atoms with E-state index in [1.807, 2.05) is 24.0 Å². The lowest BCUT2D eigenvalue weighted by molar-refractivity contribution is 0.0596. The first-order valence-corrected chi connectivity index (χ1v) is 8.73. The lowest BCUT2D eigenvalue weighted by Crippen LogP contribution is -2.32. The van der Waals surface area contributed by atoms with Crippen LogP contribution in [0.4, 0.5) is 5.69 Å². The largest absolute Gasteiger partial charge is 0.496 e. The van der Waals surface area contributed by atoms with E-state index in [4.69, 9.17) is 9.47 Å². The van der Waals surface area contributed by atoms with Gasteiger partial charge in [-0.05, 0) is 55.5 Å². The van der Waals surface area contributed by atoms with Crippen LogP contribution < -0.4 is 9.64 Å². The first-order chi connectivity index (χ1) is 12.6. The maximum atomic E-state index is 13.2. The van der Waals surface area contributed by atoms with Crippen molar-refractivity contribution < 1.29 is 19.1 Å². The third-order valence-corrected chi connectivity index (χ3v) is 4.77. The van der Waals surface area contributed by atoms with Gasteiger partial charge in [-0.15, -0.1) is 0 Å². The number of benzene rings is 2. The lowest BCUT2D eigenvalue weighted by atomic mass is 10.0. The zero-order valence-electron chi connectivity index (χ0n) is 15.4. The van der Waals surface area contributed by atoms with Crippen LogP contribution in [0.3, 0.4) is 0 Å². The molecule has 0 saturated carbocycles. The number of ether oxygens (including phenoxy) is 2. The zero-order chi connectivity index (χ0) is 18.7. The zero-order valence-corrected chi connectivity index (χ0v) is 15.4. The number of esters is 1. The van der Waals surface area contributed by atoms with E-state index in [0.717, 1.165) is 30.5 Å². The standard InChI is InChI=1S/C21H23NO4/c1-14-7-6-9-15-8-4-5-12-22(19(14)15)20(23)16-10-11-17(21(24)26-3)18(13-16)25-2/h6-7,9-11,13H,4-5,8,12H2,1-3H3. The normalized spacial score (nSPS) is 13.6. The van der Waals surface area contributed by atoms with Gasteiger partial charge in [0.25, 0.3) is 5.91 Å². The molecular weight excluding hydrogens is 330 g/mol. The number of anilines is 1. The Morgan fingerprint density at radius 2 is 1.88 bits per heavy atom. The molecule has 0 bridgehead atoms. The smallest absolute Gasteiger partial charge is 0.341 e. The Balaban J connectivity index is 2.01. The molecule has 0 aromatic heterocycles. The number of hydrogen-bond acceptors (Lipinski definition) is 4. The quantitative estimate of drug-likeness (QED) is 0.788. The van der Waals surface area contributed by atoms with Crippen molar-refractivity contribution in [3.05, 3.63) is 58.7 Å². The summed E-state index contributed by atoms with van der Waals surface area (Å²) < 4.78 is 10.1. The van der Waals surface area contributed by atoms with Crippen LogP contribution in [0.25, 0.3) is 0 Å². The van der Waals surface area contributed by atoms with Crippen molar-refractivity contribution in [3.63, 3.8) is 0 Å². The predicted molar refractivity (Wildman–Crippen MR) is 100 cm³/mol. The minimum atomic E-state index is -0.489. The van der Waals surface area contributed by atoms with Crippen LogP contribution in [0.15, 0.2) is 36.4 Å². The van der Waals surface area contributed by atoms with Crippen LogP contribution >= 0.6 is 0 Å². The highest BCUT2D eigenvalue weighted by Crippen LogP contribution is 2.32. The molecule has 0 spiro atoms. The molecule has 0 radical (unpaired) electrons. The van der Waals surface area contributed by atoms with E-state index in [1.54, 1.807) is 18.2 Å². The number of carbonyl (C=O) groups is 2. The molecule has 2 aromatic carbocycles. The van der Waals surface area contributed by atoms with Gasteiger partial charge in [-0.25, -0.2) is 4.79 Å². The number of nitrogens with zero attached hydrogens (tertiary/aromatic N) is 1. The molecule has 136 valence electrons. The third kappa shape index (κ3) is 3.29. The number of methoxy groups -OCH3 is 2. The molecular formula is C21H23NO4. The monoisotopic (exact) mass is 353 g/mol. The van der Waals surface area contributed by atoms with Crippen LogP contribution in [0.5, 0.6) is 5.75 Å². The summed E-state index contributed by atoms with van der Waals surface area (Å²) in [5.74, 6) is -0.239. The van der Waals surface area contributed by atoms with Crippen LogP contribution in [-0.4, -0.2) is 32.6 Å². The third-order valence-electron chi connectivity index (χ3n) is 4.77. The molecule has 1 amide bonds. The molecule has 3 rings (SSSR count). The fourth-order valence-electron chi connectivity index (χ4n) is 3.47. The Morgan fingerprint density at radius 3 is 2.62 bits per heavy atom. The minimum absolute atomic E-state index is 0.0860. The highest BCUT2D eigenvalue weighted by molar-refractivity contribution is 6.08. The Bertz CT molecular complexity index is 844. The number of fused-ring (bicyclic) bond motifs is 1. The SMILES string of the molecule is COC(=O)c1ccc(C(=O)N2CCCCc3cccc(C)c32)cc1OC. The highest BCUT2D eigenvalue weighted by atomic mass is 16.5. The van der Waals surface area contributed by atoms with Gasteiger partial charge >= 0.3 is 5.97 Å². The molecule has 0 unspecified atom stereocenters. The van der Waals surface area contributed by atoms with E-state index in [1.165, 1.54) is 19.8 Å². The molecule has 2 aromatic rings.